The molecule has 1 aromatic carbocycles. The van der Waals surface area contributed by atoms with Crippen LogP contribution < -0.4 is 5.73 Å². The zero-order valence-electron chi connectivity index (χ0n) is 9.53. The van der Waals surface area contributed by atoms with Gasteiger partial charge in [0.1, 0.15) is 5.82 Å². The van der Waals surface area contributed by atoms with E-state index in [-0.39, 0.29) is 22.5 Å². The van der Waals surface area contributed by atoms with Crippen LogP contribution in [0.5, 0.6) is 0 Å². The lowest BCUT2D eigenvalue weighted by molar-refractivity contribution is 0.0764. The number of amides is 1. The molecular weight excluding hydrogens is 319 g/mol. The lowest BCUT2D eigenvalue weighted by Gasteiger charge is -2.24. The zero-order valence-corrected chi connectivity index (χ0v) is 11.9. The third kappa shape index (κ3) is 2.40. The van der Waals surface area contributed by atoms with Gasteiger partial charge in [-0.3, -0.25) is 4.79 Å². The van der Waals surface area contributed by atoms with E-state index in [0.29, 0.717) is 11.0 Å². The average Bonchev–Trinajstić information content (AvgIpc) is 2.77. The summed E-state index contributed by atoms with van der Waals surface area (Å²) >= 11 is 8.15. The van der Waals surface area contributed by atoms with Gasteiger partial charge in [0.2, 0.25) is 0 Å². The minimum Gasteiger partial charge on any atom is -0.392 e. The van der Waals surface area contributed by atoms with Crippen molar-refractivity contribution in [2.45, 2.75) is 18.9 Å². The number of carbonyl (C=O) groups excluding carboxylic acids is 1. The fourth-order valence-electron chi connectivity index (χ4n) is 2.15. The van der Waals surface area contributed by atoms with Crippen molar-refractivity contribution >= 4 is 39.0 Å². The van der Waals surface area contributed by atoms with Gasteiger partial charge in [-0.2, -0.15) is 0 Å². The van der Waals surface area contributed by atoms with Crippen molar-refractivity contribution in [3.63, 3.8) is 0 Å². The number of hydrogen-bond donors (Lipinski definition) is 1. The summed E-state index contributed by atoms with van der Waals surface area (Å²) in [4.78, 5) is 14.2. The number of carbonyl (C=O) groups is 1. The Bertz CT molecular complexity index is 489. The molecule has 0 spiro atoms. The minimum absolute atomic E-state index is 0.0423. The Morgan fingerprint density at radius 2 is 2.28 bits per heavy atom. The smallest absolute Gasteiger partial charge is 0.258 e. The molecule has 96 valence electrons. The van der Waals surface area contributed by atoms with Crippen LogP contribution in [-0.2, 0) is 0 Å². The molecule has 18 heavy (non-hydrogen) atoms. The highest BCUT2D eigenvalue weighted by molar-refractivity contribution is 9.10. The van der Waals surface area contributed by atoms with Gasteiger partial charge in [0, 0.05) is 11.0 Å². The fraction of sp³-hybridized carbons (Fsp3) is 0.333. The van der Waals surface area contributed by atoms with Crippen molar-refractivity contribution in [1.29, 1.82) is 0 Å². The van der Waals surface area contributed by atoms with Gasteiger partial charge in [0.15, 0.2) is 0 Å². The molecule has 1 aliphatic heterocycles. The molecule has 1 heterocycles. The molecule has 1 aromatic rings. The number of nitrogens with two attached hydrogens (primary N) is 1. The standard InChI is InChI=1S/C12H12BrFN2OS/c13-7-3-1-4-8(14)10(7)12(17)16-6-2-5-9(16)11(15)18/h1,3-4,9H,2,5-6H2,(H2,15,18). The van der Waals surface area contributed by atoms with Crippen LogP contribution >= 0.6 is 28.1 Å². The quantitative estimate of drug-likeness (QED) is 0.847. The number of halogens is 2. The zero-order chi connectivity index (χ0) is 13.3. The first-order chi connectivity index (χ1) is 8.52. The van der Waals surface area contributed by atoms with Crippen LogP contribution in [0.25, 0.3) is 0 Å². The van der Waals surface area contributed by atoms with Crippen LogP contribution in [0.15, 0.2) is 22.7 Å². The number of rotatable bonds is 2. The first-order valence-electron chi connectivity index (χ1n) is 5.56. The Labute approximate surface area is 118 Å². The first kappa shape index (κ1) is 13.4. The molecule has 3 nitrogen and oxygen atoms in total. The van der Waals surface area contributed by atoms with E-state index in [1.54, 1.807) is 17.0 Å². The largest absolute Gasteiger partial charge is 0.392 e. The number of thiocarbonyl (C=S) groups is 1. The topological polar surface area (TPSA) is 46.3 Å². The molecule has 2 N–H and O–H groups in total. The highest BCUT2D eigenvalue weighted by Gasteiger charge is 2.33. The predicted octanol–water partition coefficient (Wildman–Crippen LogP) is 2.48. The van der Waals surface area contributed by atoms with Crippen LogP contribution in [-0.4, -0.2) is 28.4 Å². The van der Waals surface area contributed by atoms with Crippen molar-refractivity contribution in [3.05, 3.63) is 34.1 Å². The highest BCUT2D eigenvalue weighted by Crippen LogP contribution is 2.26. The maximum absolute atomic E-state index is 13.7. The van der Waals surface area contributed by atoms with E-state index in [1.165, 1.54) is 6.07 Å². The van der Waals surface area contributed by atoms with Crippen LogP contribution in [0.3, 0.4) is 0 Å². The summed E-state index contributed by atoms with van der Waals surface area (Å²) in [6.45, 7) is 0.557. The minimum atomic E-state index is -0.539. The Kier molecular flexibility index (Phi) is 3.97. The summed E-state index contributed by atoms with van der Waals surface area (Å²) in [6, 6.07) is 4.19. The van der Waals surface area contributed by atoms with Gasteiger partial charge < -0.3 is 10.6 Å². The molecular formula is C12H12BrFN2OS. The second-order valence-electron chi connectivity index (χ2n) is 4.16. The van der Waals surface area contributed by atoms with Gasteiger partial charge in [-0.05, 0) is 40.9 Å². The van der Waals surface area contributed by atoms with Crippen molar-refractivity contribution in [3.8, 4) is 0 Å². The van der Waals surface area contributed by atoms with Crippen LogP contribution in [0.2, 0.25) is 0 Å². The number of benzene rings is 1. The Morgan fingerprint density at radius 1 is 1.56 bits per heavy atom. The molecule has 1 unspecified atom stereocenters. The lowest BCUT2D eigenvalue weighted by atomic mass is 10.1. The summed E-state index contributed by atoms with van der Waals surface area (Å²) in [5, 5.41) is 0. The van der Waals surface area contributed by atoms with Gasteiger partial charge in [-0.1, -0.05) is 18.3 Å². The molecule has 0 aromatic heterocycles. The maximum Gasteiger partial charge on any atom is 0.258 e. The fourth-order valence-corrected chi connectivity index (χ4v) is 2.91. The summed E-state index contributed by atoms with van der Waals surface area (Å²) in [7, 11) is 0. The number of hydrogen-bond acceptors (Lipinski definition) is 2. The van der Waals surface area contributed by atoms with E-state index in [9.17, 15) is 9.18 Å². The second kappa shape index (κ2) is 5.32. The van der Waals surface area contributed by atoms with Crippen LogP contribution in [0.4, 0.5) is 4.39 Å². The Balaban J connectivity index is 2.34. The average molecular weight is 331 g/mol. The van der Waals surface area contributed by atoms with Crippen LogP contribution in [0, 0.1) is 5.82 Å². The van der Waals surface area contributed by atoms with Gasteiger partial charge in [0.25, 0.3) is 5.91 Å². The number of nitrogens with zero attached hydrogens (tertiary/aromatic N) is 1. The third-order valence-corrected chi connectivity index (χ3v) is 3.95. The van der Waals surface area contributed by atoms with Gasteiger partial charge in [-0.15, -0.1) is 0 Å². The van der Waals surface area contributed by atoms with E-state index in [1.807, 2.05) is 0 Å². The molecule has 1 fully saturated rings. The summed E-state index contributed by atoms with van der Waals surface area (Å²) in [5.41, 5.74) is 5.65. The van der Waals surface area contributed by atoms with Gasteiger partial charge >= 0.3 is 0 Å². The SMILES string of the molecule is NC(=S)C1CCCN1C(=O)c1c(F)cccc1Br. The van der Waals surface area contributed by atoms with E-state index in [2.05, 4.69) is 15.9 Å². The van der Waals surface area contributed by atoms with E-state index in [0.717, 1.165) is 12.8 Å². The van der Waals surface area contributed by atoms with E-state index in [4.69, 9.17) is 18.0 Å². The summed E-state index contributed by atoms with van der Waals surface area (Å²) in [5.74, 6) is -0.904. The molecule has 2 rings (SSSR count). The monoisotopic (exact) mass is 330 g/mol. The molecule has 0 radical (unpaired) electrons. The van der Waals surface area contributed by atoms with Gasteiger partial charge in [0.05, 0.1) is 16.6 Å². The molecule has 0 saturated carbocycles. The Morgan fingerprint density at radius 3 is 2.89 bits per heavy atom. The maximum atomic E-state index is 13.7. The predicted molar refractivity (Wildman–Crippen MR) is 74.9 cm³/mol. The molecule has 1 amide bonds. The first-order valence-corrected chi connectivity index (χ1v) is 6.77. The molecule has 1 aliphatic rings. The normalized spacial score (nSPS) is 19.0. The second-order valence-corrected chi connectivity index (χ2v) is 5.48. The number of likely N-dealkylation sites (tertiary alicyclic amines) is 1. The Hall–Kier alpha value is -1.01. The summed E-state index contributed by atoms with van der Waals surface area (Å²) < 4.78 is 14.2. The van der Waals surface area contributed by atoms with Crippen LogP contribution in [0.1, 0.15) is 23.2 Å². The van der Waals surface area contributed by atoms with Crippen molar-refractivity contribution < 1.29 is 9.18 Å². The van der Waals surface area contributed by atoms with Crippen molar-refractivity contribution in [1.82, 2.24) is 4.90 Å². The molecule has 0 bridgehead atoms. The highest BCUT2D eigenvalue weighted by atomic mass is 79.9. The summed E-state index contributed by atoms with van der Waals surface area (Å²) in [6.07, 6.45) is 1.58. The van der Waals surface area contributed by atoms with E-state index >= 15 is 0 Å². The molecule has 1 saturated heterocycles. The molecule has 1 atom stereocenters. The van der Waals surface area contributed by atoms with E-state index < -0.39 is 5.82 Å². The molecule has 6 heteroatoms. The lowest BCUT2D eigenvalue weighted by Crippen LogP contribution is -2.43. The third-order valence-electron chi connectivity index (χ3n) is 3.02. The molecule has 0 aliphatic carbocycles. The van der Waals surface area contributed by atoms with Crippen molar-refractivity contribution in [2.24, 2.45) is 5.73 Å². The van der Waals surface area contributed by atoms with Gasteiger partial charge in [-0.25, -0.2) is 4.39 Å². The van der Waals surface area contributed by atoms with Crippen molar-refractivity contribution in [2.75, 3.05) is 6.54 Å².